The molecule has 1 saturated heterocycles. The Morgan fingerprint density at radius 3 is 2.12 bits per heavy atom. The average molecular weight is 374 g/mol. The van der Waals surface area contributed by atoms with Gasteiger partial charge in [-0.05, 0) is 41.6 Å². The molecule has 0 radical (unpaired) electrons. The van der Waals surface area contributed by atoms with E-state index in [4.69, 9.17) is 0 Å². The van der Waals surface area contributed by atoms with Crippen LogP contribution in [0.15, 0.2) is 0 Å². The molecular weight excluding hydrogens is 342 g/mol. The molecular formula is C18H31NO5S. The summed E-state index contributed by atoms with van der Waals surface area (Å²) in [7, 11) is 0. The van der Waals surface area contributed by atoms with Crippen LogP contribution < -0.4 is 5.32 Å². The average Bonchev–Trinajstić information content (AvgIpc) is 2.95. The van der Waals surface area contributed by atoms with E-state index < -0.39 is 41.1 Å². The van der Waals surface area contributed by atoms with E-state index in [9.17, 15) is 24.6 Å². The molecule has 0 aromatic heterocycles. The second-order valence-corrected chi connectivity index (χ2v) is 9.52. The number of carbonyl (C=O) groups is 3. The number of carboxylic acids is 2. The smallest absolute Gasteiger partial charge is 0.326 e. The third kappa shape index (κ3) is 6.20. The van der Waals surface area contributed by atoms with Crippen molar-refractivity contribution in [2.45, 2.75) is 53.5 Å². The Hall–Kier alpha value is -1.24. The molecule has 0 saturated carbocycles. The number of thioether (sulfide) groups is 1. The first kappa shape index (κ1) is 21.8. The van der Waals surface area contributed by atoms with Crippen molar-refractivity contribution in [1.82, 2.24) is 5.32 Å². The Morgan fingerprint density at radius 1 is 1.16 bits per heavy atom. The molecule has 1 amide bonds. The van der Waals surface area contributed by atoms with Gasteiger partial charge in [-0.2, -0.15) is 11.8 Å². The first-order valence-electron chi connectivity index (χ1n) is 8.78. The van der Waals surface area contributed by atoms with Gasteiger partial charge in [0, 0.05) is 0 Å². The Bertz CT molecular complexity index is 494. The summed E-state index contributed by atoms with van der Waals surface area (Å²) in [4.78, 5) is 36.4. The normalized spacial score (nSPS) is 21.6. The molecule has 6 nitrogen and oxygen atoms in total. The SMILES string of the molecule is CC(C)CC(C(=O)NC(C(=O)O)C(C)(C)C)C(C(=O)O)C1CCSC1. The van der Waals surface area contributed by atoms with E-state index >= 15 is 0 Å². The van der Waals surface area contributed by atoms with Gasteiger partial charge in [0.1, 0.15) is 6.04 Å². The summed E-state index contributed by atoms with van der Waals surface area (Å²) in [5.41, 5.74) is -0.661. The van der Waals surface area contributed by atoms with Gasteiger partial charge < -0.3 is 15.5 Å². The molecule has 7 heteroatoms. The van der Waals surface area contributed by atoms with Gasteiger partial charge in [-0.3, -0.25) is 9.59 Å². The molecule has 0 bridgehead atoms. The largest absolute Gasteiger partial charge is 0.481 e. The number of carbonyl (C=O) groups excluding carboxylic acids is 1. The summed E-state index contributed by atoms with van der Waals surface area (Å²) in [5, 5.41) is 21.8. The third-order valence-corrected chi connectivity index (χ3v) is 5.84. The molecule has 0 aliphatic carbocycles. The predicted octanol–water partition coefficient (Wildman–Crippen LogP) is 2.72. The Balaban J connectivity index is 3.08. The Morgan fingerprint density at radius 2 is 1.76 bits per heavy atom. The molecule has 1 aliphatic rings. The van der Waals surface area contributed by atoms with Crippen molar-refractivity contribution >= 4 is 29.6 Å². The molecule has 144 valence electrons. The fraction of sp³-hybridized carbons (Fsp3) is 0.833. The molecule has 4 unspecified atom stereocenters. The second-order valence-electron chi connectivity index (χ2n) is 8.37. The number of amides is 1. The van der Waals surface area contributed by atoms with Crippen LogP contribution in [-0.2, 0) is 14.4 Å². The van der Waals surface area contributed by atoms with Crippen LogP contribution in [-0.4, -0.2) is 45.6 Å². The minimum atomic E-state index is -1.10. The van der Waals surface area contributed by atoms with Crippen molar-refractivity contribution in [1.29, 1.82) is 0 Å². The first-order chi connectivity index (χ1) is 11.4. The lowest BCUT2D eigenvalue weighted by Gasteiger charge is -2.33. The molecule has 0 aromatic rings. The highest BCUT2D eigenvalue weighted by atomic mass is 32.2. The van der Waals surface area contributed by atoms with Gasteiger partial charge >= 0.3 is 11.9 Å². The Labute approximate surface area is 154 Å². The highest BCUT2D eigenvalue weighted by Gasteiger charge is 2.43. The van der Waals surface area contributed by atoms with E-state index in [0.29, 0.717) is 6.42 Å². The standard InChI is InChI=1S/C18H31NO5S/c1-10(2)8-12(13(16(21)22)11-6-7-25-9-11)15(20)19-14(17(23)24)18(3,4)5/h10-14H,6-9H2,1-5H3,(H,19,20)(H,21,22)(H,23,24). The quantitative estimate of drug-likeness (QED) is 0.604. The zero-order chi connectivity index (χ0) is 19.4. The monoisotopic (exact) mass is 373 g/mol. The van der Waals surface area contributed by atoms with E-state index in [1.807, 2.05) is 13.8 Å². The van der Waals surface area contributed by atoms with Crippen LogP contribution in [0.2, 0.25) is 0 Å². The molecule has 1 rings (SSSR count). The van der Waals surface area contributed by atoms with Crippen LogP contribution in [0.25, 0.3) is 0 Å². The lowest BCUT2D eigenvalue weighted by atomic mass is 9.76. The maximum Gasteiger partial charge on any atom is 0.326 e. The summed E-state index contributed by atoms with van der Waals surface area (Å²) in [6, 6.07) is -1.05. The van der Waals surface area contributed by atoms with Crippen LogP contribution >= 0.6 is 11.8 Å². The zero-order valence-corrected chi connectivity index (χ0v) is 16.6. The number of hydrogen-bond acceptors (Lipinski definition) is 4. The van der Waals surface area contributed by atoms with Crippen molar-refractivity contribution in [3.8, 4) is 0 Å². The van der Waals surface area contributed by atoms with Crippen LogP contribution in [0, 0.1) is 29.1 Å². The van der Waals surface area contributed by atoms with E-state index in [-0.39, 0.29) is 11.8 Å². The Kier molecular flexibility index (Phi) is 7.78. The summed E-state index contributed by atoms with van der Waals surface area (Å²) >= 11 is 1.71. The number of rotatable bonds is 8. The van der Waals surface area contributed by atoms with Crippen LogP contribution in [0.1, 0.15) is 47.5 Å². The first-order valence-corrected chi connectivity index (χ1v) is 9.94. The number of hydrogen-bond donors (Lipinski definition) is 3. The molecule has 1 heterocycles. The van der Waals surface area contributed by atoms with Gasteiger partial charge in [-0.25, -0.2) is 4.79 Å². The predicted molar refractivity (Wildman–Crippen MR) is 98.5 cm³/mol. The summed E-state index contributed by atoms with van der Waals surface area (Å²) in [6.45, 7) is 9.12. The second kappa shape index (κ2) is 8.92. The summed E-state index contributed by atoms with van der Waals surface area (Å²) in [5.74, 6) is -2.27. The minimum absolute atomic E-state index is 0.0464. The van der Waals surface area contributed by atoms with Crippen LogP contribution in [0.5, 0.6) is 0 Å². The third-order valence-electron chi connectivity index (χ3n) is 4.65. The van der Waals surface area contributed by atoms with Crippen LogP contribution in [0.3, 0.4) is 0 Å². The maximum atomic E-state index is 12.9. The number of carboxylic acid groups (broad SMARTS) is 2. The molecule has 0 aromatic carbocycles. The number of aliphatic carboxylic acids is 2. The minimum Gasteiger partial charge on any atom is -0.481 e. The zero-order valence-electron chi connectivity index (χ0n) is 15.7. The summed E-state index contributed by atoms with van der Waals surface area (Å²) < 4.78 is 0. The van der Waals surface area contributed by atoms with Crippen molar-refractivity contribution < 1.29 is 24.6 Å². The molecule has 1 aliphatic heterocycles. The van der Waals surface area contributed by atoms with E-state index in [2.05, 4.69) is 5.32 Å². The van der Waals surface area contributed by atoms with E-state index in [1.165, 1.54) is 0 Å². The van der Waals surface area contributed by atoms with Gasteiger partial charge in [0.05, 0.1) is 11.8 Å². The van der Waals surface area contributed by atoms with Gasteiger partial charge in [-0.1, -0.05) is 34.6 Å². The molecule has 4 atom stereocenters. The highest BCUT2D eigenvalue weighted by molar-refractivity contribution is 7.99. The molecule has 1 fully saturated rings. The van der Waals surface area contributed by atoms with Gasteiger partial charge in [0.2, 0.25) is 5.91 Å². The fourth-order valence-electron chi connectivity index (χ4n) is 3.36. The summed E-state index contributed by atoms with van der Waals surface area (Å²) in [6.07, 6.45) is 1.21. The van der Waals surface area contributed by atoms with Crippen LogP contribution in [0.4, 0.5) is 0 Å². The van der Waals surface area contributed by atoms with Gasteiger partial charge in [0.15, 0.2) is 0 Å². The lowest BCUT2D eigenvalue weighted by molar-refractivity contribution is -0.151. The van der Waals surface area contributed by atoms with E-state index in [0.717, 1.165) is 17.9 Å². The van der Waals surface area contributed by atoms with Gasteiger partial charge in [0.25, 0.3) is 0 Å². The van der Waals surface area contributed by atoms with Crippen molar-refractivity contribution in [3.05, 3.63) is 0 Å². The number of nitrogens with one attached hydrogen (secondary N) is 1. The fourth-order valence-corrected chi connectivity index (χ4v) is 4.67. The highest BCUT2D eigenvalue weighted by Crippen LogP contribution is 2.37. The topological polar surface area (TPSA) is 104 Å². The van der Waals surface area contributed by atoms with Gasteiger partial charge in [-0.15, -0.1) is 0 Å². The van der Waals surface area contributed by atoms with Crippen molar-refractivity contribution in [2.75, 3.05) is 11.5 Å². The van der Waals surface area contributed by atoms with Crippen molar-refractivity contribution in [2.24, 2.45) is 29.1 Å². The lowest BCUT2D eigenvalue weighted by Crippen LogP contribution is -2.53. The maximum absolute atomic E-state index is 12.9. The van der Waals surface area contributed by atoms with E-state index in [1.54, 1.807) is 32.5 Å². The molecule has 25 heavy (non-hydrogen) atoms. The molecule has 3 N–H and O–H groups in total. The molecule has 0 spiro atoms. The van der Waals surface area contributed by atoms with Crippen molar-refractivity contribution in [3.63, 3.8) is 0 Å².